The quantitative estimate of drug-likeness (QED) is 0.857. The molecular formula is C21H33N5O2. The average molecular weight is 388 g/mol. The molecule has 154 valence electrons. The number of anilines is 2. The van der Waals surface area contributed by atoms with Gasteiger partial charge in [0.15, 0.2) is 0 Å². The van der Waals surface area contributed by atoms with Crippen LogP contribution in [0.15, 0.2) is 6.33 Å². The summed E-state index contributed by atoms with van der Waals surface area (Å²) < 4.78 is 5.36. The number of nitrogens with one attached hydrogen (secondary N) is 1. The Morgan fingerprint density at radius 3 is 2.64 bits per heavy atom. The fraction of sp³-hybridized carbons (Fsp3) is 0.762. The van der Waals surface area contributed by atoms with Gasteiger partial charge < -0.3 is 19.9 Å². The number of fused-ring (bicyclic) bond motifs is 1. The molecule has 4 rings (SSSR count). The molecule has 0 bridgehead atoms. The smallest absolute Gasteiger partial charge is 0.410 e. The van der Waals surface area contributed by atoms with Crippen LogP contribution in [-0.2, 0) is 11.2 Å². The minimum absolute atomic E-state index is 0.0483. The molecule has 7 heteroatoms. The van der Waals surface area contributed by atoms with Crippen molar-refractivity contribution >= 4 is 17.7 Å². The number of carbonyl (C=O) groups excluding carboxylic acids is 1. The second-order valence-electron chi connectivity index (χ2n) is 8.96. The standard InChI is InChI=1S/C21H33N5O2/c1-15(2)28-20(27)26-12-9-21(10-13-26)7-4-16(5-8-21)25(3)19-17-6-11-22-18(17)23-14-24-19/h14-16H,4-13H2,1-3H3,(H,22,23,24). The highest BCUT2D eigenvalue weighted by Crippen LogP contribution is 2.46. The van der Waals surface area contributed by atoms with Crippen LogP contribution in [0, 0.1) is 5.41 Å². The fourth-order valence-corrected chi connectivity index (χ4v) is 5.11. The van der Waals surface area contributed by atoms with Gasteiger partial charge in [0.2, 0.25) is 0 Å². The van der Waals surface area contributed by atoms with Crippen LogP contribution in [0.3, 0.4) is 0 Å². The van der Waals surface area contributed by atoms with Crippen LogP contribution >= 0.6 is 0 Å². The van der Waals surface area contributed by atoms with Gasteiger partial charge in [-0.25, -0.2) is 14.8 Å². The predicted molar refractivity (Wildman–Crippen MR) is 110 cm³/mol. The molecule has 0 radical (unpaired) electrons. The number of nitrogens with zero attached hydrogens (tertiary/aromatic N) is 4. The third-order valence-corrected chi connectivity index (χ3v) is 6.91. The van der Waals surface area contributed by atoms with E-state index in [1.807, 2.05) is 18.7 Å². The number of carbonyl (C=O) groups is 1. The lowest BCUT2D eigenvalue weighted by atomic mass is 9.67. The maximum absolute atomic E-state index is 12.2. The van der Waals surface area contributed by atoms with Gasteiger partial charge in [0, 0.05) is 38.3 Å². The number of amides is 1. The van der Waals surface area contributed by atoms with Gasteiger partial charge in [0.05, 0.1) is 6.10 Å². The van der Waals surface area contributed by atoms with E-state index in [-0.39, 0.29) is 12.2 Å². The van der Waals surface area contributed by atoms with E-state index in [0.29, 0.717) is 11.5 Å². The molecule has 1 amide bonds. The largest absolute Gasteiger partial charge is 0.447 e. The number of aromatic nitrogens is 2. The summed E-state index contributed by atoms with van der Waals surface area (Å²) >= 11 is 0. The van der Waals surface area contributed by atoms with Gasteiger partial charge in [0.25, 0.3) is 0 Å². The molecule has 1 N–H and O–H groups in total. The highest BCUT2D eigenvalue weighted by atomic mass is 16.6. The van der Waals surface area contributed by atoms with Gasteiger partial charge in [-0.1, -0.05) is 0 Å². The Balaban J connectivity index is 1.33. The van der Waals surface area contributed by atoms with Crippen LogP contribution in [-0.4, -0.2) is 59.8 Å². The zero-order valence-corrected chi connectivity index (χ0v) is 17.4. The Labute approximate surface area is 167 Å². The van der Waals surface area contributed by atoms with Crippen LogP contribution in [0.1, 0.15) is 57.9 Å². The van der Waals surface area contributed by atoms with E-state index in [0.717, 1.165) is 50.5 Å². The molecule has 2 fully saturated rings. The minimum atomic E-state index is -0.149. The first-order valence-electron chi connectivity index (χ1n) is 10.7. The SMILES string of the molecule is CC(C)OC(=O)N1CCC2(CCC(N(C)c3ncnc4c3CCN4)CC2)CC1. The minimum Gasteiger partial charge on any atom is -0.447 e. The molecule has 3 aliphatic rings. The average Bonchev–Trinajstić information content (AvgIpc) is 3.17. The fourth-order valence-electron chi connectivity index (χ4n) is 5.11. The molecule has 1 aromatic heterocycles. The van der Waals surface area contributed by atoms with Gasteiger partial charge in [-0.15, -0.1) is 0 Å². The van der Waals surface area contributed by atoms with Crippen LogP contribution in [0.5, 0.6) is 0 Å². The van der Waals surface area contributed by atoms with Crippen molar-refractivity contribution < 1.29 is 9.53 Å². The van der Waals surface area contributed by atoms with Crippen molar-refractivity contribution in [2.24, 2.45) is 5.41 Å². The zero-order valence-electron chi connectivity index (χ0n) is 17.4. The van der Waals surface area contributed by atoms with Crippen LogP contribution < -0.4 is 10.2 Å². The summed E-state index contributed by atoms with van der Waals surface area (Å²) in [5.41, 5.74) is 1.67. The number of hydrogen-bond donors (Lipinski definition) is 1. The normalized spacial score (nSPS) is 21.5. The van der Waals surface area contributed by atoms with Gasteiger partial charge in [-0.3, -0.25) is 0 Å². The molecule has 1 saturated heterocycles. The molecule has 1 spiro atoms. The molecule has 2 aliphatic heterocycles. The van der Waals surface area contributed by atoms with E-state index in [2.05, 4.69) is 27.2 Å². The van der Waals surface area contributed by atoms with Crippen molar-refractivity contribution in [3.63, 3.8) is 0 Å². The molecule has 0 atom stereocenters. The second-order valence-corrected chi connectivity index (χ2v) is 8.96. The highest BCUT2D eigenvalue weighted by molar-refractivity contribution is 5.68. The summed E-state index contributed by atoms with van der Waals surface area (Å²) in [5, 5.41) is 3.35. The molecule has 7 nitrogen and oxygen atoms in total. The van der Waals surface area contributed by atoms with Gasteiger partial charge in [-0.05, 0) is 64.2 Å². The molecule has 0 unspecified atom stereocenters. The summed E-state index contributed by atoms with van der Waals surface area (Å²) in [6.07, 6.45) is 9.55. The van der Waals surface area contributed by atoms with Crippen molar-refractivity contribution in [3.8, 4) is 0 Å². The molecule has 1 saturated carbocycles. The van der Waals surface area contributed by atoms with Gasteiger partial charge in [-0.2, -0.15) is 0 Å². The zero-order chi connectivity index (χ0) is 19.7. The topological polar surface area (TPSA) is 70.6 Å². The van der Waals surface area contributed by atoms with Crippen LogP contribution in [0.4, 0.5) is 16.4 Å². The van der Waals surface area contributed by atoms with E-state index >= 15 is 0 Å². The molecule has 1 aliphatic carbocycles. The van der Waals surface area contributed by atoms with E-state index in [1.165, 1.54) is 31.2 Å². The Morgan fingerprint density at radius 2 is 1.96 bits per heavy atom. The van der Waals surface area contributed by atoms with E-state index in [1.54, 1.807) is 6.33 Å². The molecule has 3 heterocycles. The molecule has 0 aromatic carbocycles. The maximum Gasteiger partial charge on any atom is 0.410 e. The lowest BCUT2D eigenvalue weighted by Crippen LogP contribution is -2.47. The second kappa shape index (κ2) is 7.76. The van der Waals surface area contributed by atoms with Gasteiger partial charge >= 0.3 is 6.09 Å². The molecule has 28 heavy (non-hydrogen) atoms. The number of hydrogen-bond acceptors (Lipinski definition) is 6. The monoisotopic (exact) mass is 387 g/mol. The first kappa shape index (κ1) is 19.3. The predicted octanol–water partition coefficient (Wildman–Crippen LogP) is 3.45. The van der Waals surface area contributed by atoms with Crippen molar-refractivity contribution in [1.82, 2.24) is 14.9 Å². The Morgan fingerprint density at radius 1 is 1.25 bits per heavy atom. The van der Waals surface area contributed by atoms with E-state index in [9.17, 15) is 4.79 Å². The van der Waals surface area contributed by atoms with Crippen molar-refractivity contribution in [1.29, 1.82) is 0 Å². The first-order valence-corrected chi connectivity index (χ1v) is 10.7. The Hall–Kier alpha value is -2.05. The third kappa shape index (κ3) is 3.76. The summed E-state index contributed by atoms with van der Waals surface area (Å²) in [4.78, 5) is 25.4. The molecular weight excluding hydrogens is 354 g/mol. The van der Waals surface area contributed by atoms with Crippen LogP contribution in [0.25, 0.3) is 0 Å². The lowest BCUT2D eigenvalue weighted by molar-refractivity contribution is 0.0342. The first-order chi connectivity index (χ1) is 13.5. The number of rotatable bonds is 3. The number of piperidine rings is 1. The third-order valence-electron chi connectivity index (χ3n) is 6.91. The van der Waals surface area contributed by atoms with E-state index in [4.69, 9.17) is 4.74 Å². The van der Waals surface area contributed by atoms with Crippen molar-refractivity contribution in [2.75, 3.05) is 36.9 Å². The highest BCUT2D eigenvalue weighted by Gasteiger charge is 2.40. The lowest BCUT2D eigenvalue weighted by Gasteiger charge is -2.47. The van der Waals surface area contributed by atoms with Crippen molar-refractivity contribution in [2.45, 2.75) is 70.9 Å². The summed E-state index contributed by atoms with van der Waals surface area (Å²) in [7, 11) is 2.19. The number of ether oxygens (including phenoxy) is 1. The summed E-state index contributed by atoms with van der Waals surface area (Å²) in [5.74, 6) is 2.10. The van der Waals surface area contributed by atoms with E-state index < -0.39 is 0 Å². The summed E-state index contributed by atoms with van der Waals surface area (Å²) in [6, 6.07) is 0.536. The molecule has 1 aromatic rings. The summed E-state index contributed by atoms with van der Waals surface area (Å²) in [6.45, 7) is 6.43. The maximum atomic E-state index is 12.2. The van der Waals surface area contributed by atoms with Gasteiger partial charge in [0.1, 0.15) is 18.0 Å². The van der Waals surface area contributed by atoms with Crippen LogP contribution in [0.2, 0.25) is 0 Å². The Bertz CT molecular complexity index is 705. The Kier molecular flexibility index (Phi) is 5.34. The number of likely N-dealkylation sites (tertiary alicyclic amines) is 1. The van der Waals surface area contributed by atoms with Crippen molar-refractivity contribution in [3.05, 3.63) is 11.9 Å².